The summed E-state index contributed by atoms with van der Waals surface area (Å²) in [5, 5.41) is 20.0. The molecule has 4 aromatic rings. The van der Waals surface area contributed by atoms with Crippen molar-refractivity contribution in [1.82, 2.24) is 30.5 Å². The van der Waals surface area contributed by atoms with Crippen LogP contribution in [0, 0.1) is 5.41 Å². The van der Waals surface area contributed by atoms with Crippen LogP contribution in [0.3, 0.4) is 0 Å². The molecule has 4 heterocycles. The first-order chi connectivity index (χ1) is 19.8. The van der Waals surface area contributed by atoms with Crippen LogP contribution in [0.2, 0.25) is 0 Å². The molecule has 1 aromatic carbocycles. The number of fused-ring (bicyclic) bond motifs is 3. The molecule has 2 aliphatic carbocycles. The van der Waals surface area contributed by atoms with Gasteiger partial charge in [0.25, 0.3) is 0 Å². The highest BCUT2D eigenvalue weighted by atomic mass is 16.4. The Bertz CT molecular complexity index is 1600. The highest BCUT2D eigenvalue weighted by Gasteiger charge is 2.49. The van der Waals surface area contributed by atoms with Crippen LogP contribution in [-0.2, 0) is 12.8 Å². The van der Waals surface area contributed by atoms with Gasteiger partial charge < -0.3 is 15.3 Å². The maximum atomic E-state index is 11.5. The van der Waals surface area contributed by atoms with Crippen LogP contribution in [0.25, 0.3) is 11.2 Å². The highest BCUT2D eigenvalue weighted by Crippen LogP contribution is 2.59. The minimum Gasteiger partial charge on any atom is -0.465 e. The first kappa shape index (κ1) is 25.9. The quantitative estimate of drug-likeness (QED) is 0.268. The fraction of sp³-hybridized carbons (Fsp3) is 0.469. The smallest absolute Gasteiger partial charge is 0.405 e. The van der Waals surface area contributed by atoms with E-state index in [1.165, 1.54) is 11.1 Å². The van der Waals surface area contributed by atoms with Gasteiger partial charge in [-0.2, -0.15) is 5.10 Å². The van der Waals surface area contributed by atoms with Gasteiger partial charge in [0, 0.05) is 30.4 Å². The van der Waals surface area contributed by atoms with Crippen molar-refractivity contribution in [2.24, 2.45) is 5.41 Å². The van der Waals surface area contributed by atoms with Crippen molar-refractivity contribution in [2.75, 3.05) is 11.4 Å². The summed E-state index contributed by atoms with van der Waals surface area (Å²) in [5.41, 5.74) is 7.23. The van der Waals surface area contributed by atoms with Crippen molar-refractivity contribution in [1.29, 1.82) is 0 Å². The number of nitrogens with one attached hydrogen (secondary N) is 2. The molecule has 3 N–H and O–H groups in total. The zero-order valence-electron chi connectivity index (χ0n) is 23.7. The molecule has 1 aliphatic heterocycles. The Kier molecular flexibility index (Phi) is 6.21. The van der Waals surface area contributed by atoms with Gasteiger partial charge in [0.05, 0.1) is 17.1 Å². The number of hydrogen-bond acceptors (Lipinski definition) is 6. The molecule has 0 saturated heterocycles. The fourth-order valence-corrected chi connectivity index (χ4v) is 7.86. The van der Waals surface area contributed by atoms with Crippen LogP contribution in [0.5, 0.6) is 0 Å². The summed E-state index contributed by atoms with van der Waals surface area (Å²) >= 11 is 0. The Balaban J connectivity index is 1.12. The predicted octanol–water partition coefficient (Wildman–Crippen LogP) is 6.25. The maximum Gasteiger partial charge on any atom is 0.405 e. The van der Waals surface area contributed by atoms with Gasteiger partial charge in [-0.15, -0.1) is 0 Å². The maximum absolute atomic E-state index is 11.5. The van der Waals surface area contributed by atoms with Gasteiger partial charge in [0.2, 0.25) is 0 Å². The van der Waals surface area contributed by atoms with E-state index >= 15 is 0 Å². The van der Waals surface area contributed by atoms with Crippen molar-refractivity contribution < 1.29 is 9.90 Å². The number of carbonyl (C=O) groups is 1. The van der Waals surface area contributed by atoms with E-state index in [2.05, 4.69) is 55.7 Å². The number of aromatic amines is 1. The molecule has 9 heteroatoms. The number of hydrogen-bond donors (Lipinski definition) is 3. The summed E-state index contributed by atoms with van der Waals surface area (Å²) in [6.07, 6.45) is 11.0. The molecule has 0 bridgehead atoms. The van der Waals surface area contributed by atoms with Gasteiger partial charge in [0.1, 0.15) is 0 Å². The van der Waals surface area contributed by atoms with Gasteiger partial charge in [-0.3, -0.25) is 10.1 Å². The zero-order valence-corrected chi connectivity index (χ0v) is 23.7. The lowest BCUT2D eigenvalue weighted by Gasteiger charge is -2.44. The fourth-order valence-electron chi connectivity index (χ4n) is 7.86. The van der Waals surface area contributed by atoms with Crippen molar-refractivity contribution in [3.8, 4) is 0 Å². The molecule has 7 rings (SSSR count). The van der Waals surface area contributed by atoms with Crippen LogP contribution in [0.1, 0.15) is 86.7 Å². The topological polar surface area (TPSA) is 120 Å². The Morgan fingerprint density at radius 1 is 1.17 bits per heavy atom. The van der Waals surface area contributed by atoms with Gasteiger partial charge >= 0.3 is 6.09 Å². The number of aryl methyl sites for hydroxylation is 1. The number of H-pyrrole nitrogens is 1. The van der Waals surface area contributed by atoms with Crippen molar-refractivity contribution >= 4 is 28.8 Å². The van der Waals surface area contributed by atoms with Crippen molar-refractivity contribution in [2.45, 2.75) is 82.6 Å². The molecular formula is C32H37N7O2. The van der Waals surface area contributed by atoms with Crippen molar-refractivity contribution in [3.05, 3.63) is 71.3 Å². The van der Waals surface area contributed by atoms with Gasteiger partial charge in [-0.05, 0) is 99.8 Å². The molecule has 3 aliphatic rings. The largest absolute Gasteiger partial charge is 0.465 e. The van der Waals surface area contributed by atoms with Crippen LogP contribution in [0.15, 0.2) is 48.8 Å². The number of nitrogens with zero attached hydrogens (tertiary/aromatic N) is 5. The van der Waals surface area contributed by atoms with Crippen LogP contribution < -0.4 is 10.2 Å². The van der Waals surface area contributed by atoms with E-state index in [9.17, 15) is 9.90 Å². The highest BCUT2D eigenvalue weighted by molar-refractivity contribution is 5.86. The molecule has 1 fully saturated rings. The monoisotopic (exact) mass is 551 g/mol. The molecule has 0 radical (unpaired) electrons. The number of anilines is 2. The minimum absolute atomic E-state index is 0.145. The average molecular weight is 552 g/mol. The van der Waals surface area contributed by atoms with E-state index in [0.29, 0.717) is 11.8 Å². The van der Waals surface area contributed by atoms with Crippen LogP contribution in [-0.4, -0.2) is 48.4 Å². The summed E-state index contributed by atoms with van der Waals surface area (Å²) in [4.78, 5) is 28.2. The Morgan fingerprint density at radius 3 is 2.83 bits per heavy atom. The lowest BCUT2D eigenvalue weighted by Crippen LogP contribution is -2.45. The predicted molar refractivity (Wildman–Crippen MR) is 158 cm³/mol. The molecule has 1 saturated carbocycles. The Hall–Kier alpha value is -4.01. The number of amides is 1. The molecule has 1 unspecified atom stereocenters. The number of rotatable bonds is 5. The first-order valence-corrected chi connectivity index (χ1v) is 14.8. The van der Waals surface area contributed by atoms with Gasteiger partial charge in [0.15, 0.2) is 17.0 Å². The Morgan fingerprint density at radius 2 is 2.00 bits per heavy atom. The Labute approximate surface area is 239 Å². The zero-order chi connectivity index (χ0) is 28.2. The van der Waals surface area contributed by atoms with E-state index in [4.69, 9.17) is 9.97 Å². The third kappa shape index (κ3) is 4.61. The standard InChI is InChI=1S/C32H37N7O2/c1-31(2,36-30(40)41)18-23-22-8-4-3-7-21(22)17-32(23)13-11-20(12-14-32)25-19-34-27-28(35-25)37-38-29(27)39-16-6-9-24-26(39)10-5-15-33-24/h3-5,7-8,10,15,19-20,23,36H,6,9,11-14,16-18H2,1-2H3,(H,40,41)(H,35,37,38)/t20-,23?,32+. The molecule has 9 nitrogen and oxygen atoms in total. The van der Waals surface area contributed by atoms with Crippen LogP contribution in [0.4, 0.5) is 16.3 Å². The molecule has 1 amide bonds. The summed E-state index contributed by atoms with van der Waals surface area (Å²) in [6.45, 7) is 4.89. The SMILES string of the molecule is CC(C)(CC1c2ccccc2C[C@]12CC[C@H](c1cnc3c(N4CCCc5ncccc54)n[nH]c3n1)CC2)NC(=O)O. The number of aromatic nitrogens is 5. The first-order valence-electron chi connectivity index (χ1n) is 14.8. The second-order valence-electron chi connectivity index (χ2n) is 12.8. The normalized spacial score (nSPS) is 23.9. The van der Waals surface area contributed by atoms with E-state index in [-0.39, 0.29) is 5.41 Å². The molecule has 212 valence electrons. The second kappa shape index (κ2) is 9.82. The second-order valence-corrected chi connectivity index (χ2v) is 12.8. The molecular weight excluding hydrogens is 514 g/mol. The van der Waals surface area contributed by atoms with E-state index in [1.807, 2.05) is 32.3 Å². The molecule has 3 aromatic heterocycles. The number of pyridine rings is 1. The number of benzene rings is 1. The van der Waals surface area contributed by atoms with Gasteiger partial charge in [-0.1, -0.05) is 24.3 Å². The van der Waals surface area contributed by atoms with E-state index in [0.717, 1.165) is 92.0 Å². The van der Waals surface area contributed by atoms with Gasteiger partial charge in [-0.25, -0.2) is 14.8 Å². The summed E-state index contributed by atoms with van der Waals surface area (Å²) in [6, 6.07) is 12.8. The molecule has 41 heavy (non-hydrogen) atoms. The number of carboxylic acid groups (broad SMARTS) is 1. The minimum atomic E-state index is -0.962. The summed E-state index contributed by atoms with van der Waals surface area (Å²) in [7, 11) is 0. The van der Waals surface area contributed by atoms with Crippen molar-refractivity contribution in [3.63, 3.8) is 0 Å². The summed E-state index contributed by atoms with van der Waals surface area (Å²) in [5.74, 6) is 1.49. The molecule has 1 atom stereocenters. The summed E-state index contributed by atoms with van der Waals surface area (Å²) < 4.78 is 0. The third-order valence-electron chi connectivity index (χ3n) is 9.75. The van der Waals surface area contributed by atoms with Crippen LogP contribution >= 0.6 is 0 Å². The average Bonchev–Trinajstić information content (AvgIpc) is 3.51. The lowest BCUT2D eigenvalue weighted by atomic mass is 9.61. The molecule has 1 spiro atoms. The third-order valence-corrected chi connectivity index (χ3v) is 9.75. The van der Waals surface area contributed by atoms with E-state index < -0.39 is 11.6 Å². The van der Waals surface area contributed by atoms with E-state index in [1.54, 1.807) is 0 Å². The lowest BCUT2D eigenvalue weighted by molar-refractivity contribution is 0.120.